The molecule has 1 N–H and O–H groups in total. The maximum absolute atomic E-state index is 12.9. The quantitative estimate of drug-likeness (QED) is 0.694. The Kier molecular flexibility index (Phi) is 5.48. The zero-order valence-electron chi connectivity index (χ0n) is 15.3. The molecule has 0 spiro atoms. The standard InChI is InChI=1S/C20H20ClN3O2S/c1-20(2,27(26)16-11-9-15(21)10-12-16)18(25)23-19-22-13-17(24(19)3)14-7-5-4-6-8-14/h4-13H,1-3H3,(H,22,23,25). The number of hydrogen-bond acceptors (Lipinski definition) is 3. The summed E-state index contributed by atoms with van der Waals surface area (Å²) in [6.07, 6.45) is 1.70. The molecular formula is C20H20ClN3O2S. The van der Waals surface area contributed by atoms with E-state index in [1.54, 1.807) is 48.9 Å². The Hall–Kier alpha value is -2.44. The van der Waals surface area contributed by atoms with Crippen LogP contribution in [-0.2, 0) is 22.6 Å². The van der Waals surface area contributed by atoms with Crippen LogP contribution in [0.5, 0.6) is 0 Å². The second-order valence-corrected chi connectivity index (χ2v) is 9.05. The second kappa shape index (κ2) is 7.66. The summed E-state index contributed by atoms with van der Waals surface area (Å²) in [6, 6.07) is 16.4. The Balaban J connectivity index is 1.81. The number of nitrogens with one attached hydrogen (secondary N) is 1. The van der Waals surface area contributed by atoms with Gasteiger partial charge in [-0.15, -0.1) is 0 Å². The number of imidazole rings is 1. The van der Waals surface area contributed by atoms with Gasteiger partial charge in [0.15, 0.2) is 0 Å². The summed E-state index contributed by atoms with van der Waals surface area (Å²) in [5.74, 6) is 0.0316. The van der Waals surface area contributed by atoms with Gasteiger partial charge in [-0.1, -0.05) is 41.9 Å². The third kappa shape index (κ3) is 3.96. The molecule has 140 valence electrons. The van der Waals surface area contributed by atoms with E-state index in [0.29, 0.717) is 15.9 Å². The number of nitrogens with zero attached hydrogens (tertiary/aromatic N) is 2. The Morgan fingerprint density at radius 2 is 1.74 bits per heavy atom. The van der Waals surface area contributed by atoms with Crippen LogP contribution in [0.3, 0.4) is 0 Å². The van der Waals surface area contributed by atoms with Gasteiger partial charge in [0.1, 0.15) is 4.75 Å². The fourth-order valence-corrected chi connectivity index (χ4v) is 3.91. The van der Waals surface area contributed by atoms with Crippen molar-refractivity contribution >= 4 is 34.3 Å². The van der Waals surface area contributed by atoms with Gasteiger partial charge >= 0.3 is 0 Å². The number of aromatic nitrogens is 2. The summed E-state index contributed by atoms with van der Waals surface area (Å²) < 4.78 is 13.6. The van der Waals surface area contributed by atoms with Crippen LogP contribution in [0.4, 0.5) is 5.95 Å². The number of benzene rings is 2. The summed E-state index contributed by atoms with van der Waals surface area (Å²) >= 11 is 5.88. The van der Waals surface area contributed by atoms with Crippen LogP contribution in [0.2, 0.25) is 5.02 Å². The SMILES string of the molecule is Cn1c(-c2ccccc2)cnc1NC(=O)C(C)(C)S(=O)c1ccc(Cl)cc1. The molecule has 3 rings (SSSR count). The van der Waals surface area contributed by atoms with E-state index in [-0.39, 0.29) is 5.91 Å². The highest BCUT2D eigenvalue weighted by molar-refractivity contribution is 7.87. The van der Waals surface area contributed by atoms with E-state index in [4.69, 9.17) is 11.6 Å². The van der Waals surface area contributed by atoms with Crippen molar-refractivity contribution in [1.29, 1.82) is 0 Å². The smallest absolute Gasteiger partial charge is 0.245 e. The second-order valence-electron chi connectivity index (χ2n) is 6.58. The molecule has 0 fully saturated rings. The fraction of sp³-hybridized carbons (Fsp3) is 0.200. The largest absolute Gasteiger partial charge is 0.313 e. The van der Waals surface area contributed by atoms with Gasteiger partial charge in [0.25, 0.3) is 0 Å². The first-order chi connectivity index (χ1) is 12.8. The number of hydrogen-bond donors (Lipinski definition) is 1. The lowest BCUT2D eigenvalue weighted by Gasteiger charge is -2.22. The van der Waals surface area contributed by atoms with Gasteiger partial charge in [-0.05, 0) is 43.7 Å². The first-order valence-electron chi connectivity index (χ1n) is 8.36. The van der Waals surface area contributed by atoms with Gasteiger partial charge in [-0.25, -0.2) is 4.98 Å². The van der Waals surface area contributed by atoms with E-state index in [9.17, 15) is 9.00 Å². The van der Waals surface area contributed by atoms with E-state index < -0.39 is 15.5 Å². The Labute approximate surface area is 165 Å². The summed E-state index contributed by atoms with van der Waals surface area (Å²) in [5, 5.41) is 3.35. The van der Waals surface area contributed by atoms with Crippen LogP contribution in [0, 0.1) is 0 Å². The molecule has 1 aromatic heterocycles. The maximum atomic E-state index is 12.9. The normalized spacial score (nSPS) is 12.6. The van der Waals surface area contributed by atoms with Gasteiger partial charge in [0, 0.05) is 17.0 Å². The average molecular weight is 402 g/mol. The first-order valence-corrected chi connectivity index (χ1v) is 9.89. The number of carbonyl (C=O) groups excluding carboxylic acids is 1. The van der Waals surface area contributed by atoms with Gasteiger partial charge in [-0.3, -0.25) is 14.3 Å². The lowest BCUT2D eigenvalue weighted by molar-refractivity contribution is -0.117. The number of halogens is 1. The van der Waals surface area contributed by atoms with Crippen LogP contribution in [0.1, 0.15) is 13.8 Å². The molecule has 0 saturated carbocycles. The van der Waals surface area contributed by atoms with Crippen LogP contribution >= 0.6 is 11.6 Å². The molecular weight excluding hydrogens is 382 g/mol. The molecule has 3 aromatic rings. The molecule has 1 heterocycles. The molecule has 0 bridgehead atoms. The predicted molar refractivity (Wildman–Crippen MR) is 109 cm³/mol. The average Bonchev–Trinajstić information content (AvgIpc) is 3.03. The molecule has 0 radical (unpaired) electrons. The number of carbonyl (C=O) groups is 1. The molecule has 27 heavy (non-hydrogen) atoms. The molecule has 2 aromatic carbocycles. The van der Waals surface area contributed by atoms with Gasteiger partial charge in [-0.2, -0.15) is 0 Å². The molecule has 1 atom stereocenters. The maximum Gasteiger partial charge on any atom is 0.245 e. The van der Waals surface area contributed by atoms with Crippen molar-refractivity contribution in [3.63, 3.8) is 0 Å². The highest BCUT2D eigenvalue weighted by atomic mass is 35.5. The number of rotatable bonds is 5. The minimum atomic E-state index is -1.55. The van der Waals surface area contributed by atoms with Crippen molar-refractivity contribution < 1.29 is 9.00 Å². The molecule has 1 amide bonds. The highest BCUT2D eigenvalue weighted by Gasteiger charge is 2.36. The molecule has 0 aliphatic rings. The molecule has 7 heteroatoms. The lowest BCUT2D eigenvalue weighted by Crippen LogP contribution is -2.41. The molecule has 0 aliphatic carbocycles. The summed E-state index contributed by atoms with van der Waals surface area (Å²) in [4.78, 5) is 17.7. The predicted octanol–water partition coefficient (Wildman–Crippen LogP) is 4.27. The molecule has 1 unspecified atom stereocenters. The van der Waals surface area contributed by atoms with Crippen molar-refractivity contribution in [2.24, 2.45) is 7.05 Å². The van der Waals surface area contributed by atoms with Crippen LogP contribution in [-0.4, -0.2) is 24.4 Å². The fourth-order valence-electron chi connectivity index (χ4n) is 2.59. The van der Waals surface area contributed by atoms with E-state index in [0.717, 1.165) is 11.3 Å². The number of anilines is 1. The first kappa shape index (κ1) is 19.3. The molecule has 0 aliphatic heterocycles. The minimum absolute atomic E-state index is 0.371. The third-order valence-corrected chi connectivity index (χ3v) is 6.39. The third-order valence-electron chi connectivity index (χ3n) is 4.32. The van der Waals surface area contributed by atoms with E-state index >= 15 is 0 Å². The Morgan fingerprint density at radius 3 is 2.37 bits per heavy atom. The zero-order chi connectivity index (χ0) is 19.6. The highest BCUT2D eigenvalue weighted by Crippen LogP contribution is 2.26. The monoisotopic (exact) mass is 401 g/mol. The topological polar surface area (TPSA) is 64.0 Å². The van der Waals surface area contributed by atoms with Crippen molar-refractivity contribution in [2.75, 3.05) is 5.32 Å². The van der Waals surface area contributed by atoms with Gasteiger partial charge in [0.05, 0.1) is 22.7 Å². The summed E-state index contributed by atoms with van der Waals surface area (Å²) in [5.41, 5.74) is 1.87. The van der Waals surface area contributed by atoms with Crippen molar-refractivity contribution in [3.05, 3.63) is 65.8 Å². The molecule has 5 nitrogen and oxygen atoms in total. The van der Waals surface area contributed by atoms with Gasteiger partial charge < -0.3 is 4.57 Å². The van der Waals surface area contributed by atoms with E-state index in [1.807, 2.05) is 37.4 Å². The zero-order valence-corrected chi connectivity index (χ0v) is 16.8. The van der Waals surface area contributed by atoms with Crippen LogP contribution < -0.4 is 5.32 Å². The van der Waals surface area contributed by atoms with E-state index in [2.05, 4.69) is 10.3 Å². The van der Waals surface area contributed by atoms with Crippen molar-refractivity contribution in [3.8, 4) is 11.3 Å². The molecule has 0 saturated heterocycles. The van der Waals surface area contributed by atoms with Gasteiger partial charge in [0.2, 0.25) is 11.9 Å². The lowest BCUT2D eigenvalue weighted by atomic mass is 10.2. The van der Waals surface area contributed by atoms with Crippen LogP contribution in [0.15, 0.2) is 65.7 Å². The van der Waals surface area contributed by atoms with Crippen LogP contribution in [0.25, 0.3) is 11.3 Å². The summed E-state index contributed by atoms with van der Waals surface area (Å²) in [6.45, 7) is 3.29. The minimum Gasteiger partial charge on any atom is -0.313 e. The summed E-state index contributed by atoms with van der Waals surface area (Å²) in [7, 11) is 0.278. The number of amides is 1. The Bertz CT molecular complexity index is 982. The Morgan fingerprint density at radius 1 is 1.11 bits per heavy atom. The van der Waals surface area contributed by atoms with Crippen molar-refractivity contribution in [1.82, 2.24) is 9.55 Å². The van der Waals surface area contributed by atoms with Crippen molar-refractivity contribution in [2.45, 2.75) is 23.5 Å². The van der Waals surface area contributed by atoms with E-state index in [1.165, 1.54) is 0 Å².